The number of hydrogen-bond donors (Lipinski definition) is 1. The number of rotatable bonds is 2. The summed E-state index contributed by atoms with van der Waals surface area (Å²) in [6, 6.07) is 4.65. The molecule has 1 N–H and O–H groups in total. The van der Waals surface area contributed by atoms with Crippen LogP contribution in [0, 0.1) is 0 Å². The predicted molar refractivity (Wildman–Crippen MR) is 75.2 cm³/mol. The van der Waals surface area contributed by atoms with E-state index in [1.165, 1.54) is 16.7 Å². The average Bonchev–Trinajstić information content (AvgIpc) is 3.01. The Balaban J connectivity index is 1.66. The van der Waals surface area contributed by atoms with Crippen LogP contribution in [0.15, 0.2) is 24.3 Å². The zero-order chi connectivity index (χ0) is 15.6. The highest BCUT2D eigenvalue weighted by molar-refractivity contribution is 8.00. The van der Waals surface area contributed by atoms with E-state index in [9.17, 15) is 19.2 Å². The number of carboxylic acid groups (broad SMARTS) is 1. The lowest BCUT2D eigenvalue weighted by atomic mass is 10.0. The van der Waals surface area contributed by atoms with Crippen molar-refractivity contribution < 1.29 is 24.3 Å². The second kappa shape index (κ2) is 4.33. The largest absolute Gasteiger partial charge is 0.480 e. The van der Waals surface area contributed by atoms with Crippen LogP contribution >= 0.6 is 11.8 Å². The smallest absolute Gasteiger partial charge is 0.327 e. The van der Waals surface area contributed by atoms with Crippen molar-refractivity contribution in [2.75, 3.05) is 5.75 Å². The molecule has 0 aromatic heterocycles. The van der Waals surface area contributed by atoms with Crippen LogP contribution < -0.4 is 0 Å². The summed E-state index contributed by atoms with van der Waals surface area (Å²) >= 11 is 1.29. The number of carboxylic acids is 1. The van der Waals surface area contributed by atoms with Crippen LogP contribution in [-0.4, -0.2) is 61.8 Å². The minimum atomic E-state index is -1.07. The Morgan fingerprint density at radius 3 is 2.27 bits per heavy atom. The molecule has 7 nitrogen and oxygen atoms in total. The van der Waals surface area contributed by atoms with Gasteiger partial charge in [0.05, 0.1) is 11.1 Å². The van der Waals surface area contributed by atoms with E-state index in [4.69, 9.17) is 5.11 Å². The fraction of sp³-hybridized carbons (Fsp3) is 0.286. The molecule has 112 valence electrons. The lowest BCUT2D eigenvalue weighted by Gasteiger charge is -2.46. The van der Waals surface area contributed by atoms with Crippen LogP contribution in [-0.2, 0) is 9.59 Å². The summed E-state index contributed by atoms with van der Waals surface area (Å²) in [6.45, 7) is 0. The molecular formula is C14H10N2O5S. The highest BCUT2D eigenvalue weighted by Gasteiger charge is 2.62. The van der Waals surface area contributed by atoms with Gasteiger partial charge in [-0.25, -0.2) is 4.79 Å². The molecule has 0 bridgehead atoms. The molecule has 2 unspecified atom stereocenters. The van der Waals surface area contributed by atoms with Crippen molar-refractivity contribution in [3.63, 3.8) is 0 Å². The summed E-state index contributed by atoms with van der Waals surface area (Å²) < 4.78 is 0. The lowest BCUT2D eigenvalue weighted by Crippen LogP contribution is -2.70. The van der Waals surface area contributed by atoms with Crippen molar-refractivity contribution in [2.45, 2.75) is 17.5 Å². The number of carbonyl (C=O) groups is 4. The predicted octanol–water partition coefficient (Wildman–Crippen LogP) is 0.0195. The van der Waals surface area contributed by atoms with Gasteiger partial charge in [0.1, 0.15) is 17.5 Å². The minimum Gasteiger partial charge on any atom is -0.480 e. The Morgan fingerprint density at radius 1 is 1.14 bits per heavy atom. The molecule has 0 radical (unpaired) electrons. The number of nitrogens with zero attached hydrogens (tertiary/aromatic N) is 2. The van der Waals surface area contributed by atoms with Gasteiger partial charge in [-0.3, -0.25) is 19.3 Å². The molecule has 0 aliphatic carbocycles. The van der Waals surface area contributed by atoms with Crippen molar-refractivity contribution >= 4 is 35.5 Å². The second-order valence-electron chi connectivity index (χ2n) is 5.29. The van der Waals surface area contributed by atoms with E-state index in [1.807, 2.05) is 0 Å². The molecule has 3 atom stereocenters. The Kier molecular flexibility index (Phi) is 2.62. The second-order valence-corrected chi connectivity index (χ2v) is 6.44. The number of benzene rings is 1. The van der Waals surface area contributed by atoms with E-state index in [0.29, 0.717) is 0 Å². The summed E-state index contributed by atoms with van der Waals surface area (Å²) in [5, 5.41) is 8.63. The Hall–Kier alpha value is -2.35. The van der Waals surface area contributed by atoms with Gasteiger partial charge in [-0.15, -0.1) is 11.8 Å². The van der Waals surface area contributed by atoms with Gasteiger partial charge in [0.25, 0.3) is 17.7 Å². The summed E-state index contributed by atoms with van der Waals surface area (Å²) in [5.74, 6) is -2.25. The molecule has 2 fully saturated rings. The number of carbonyl (C=O) groups excluding carboxylic acids is 3. The van der Waals surface area contributed by atoms with E-state index in [2.05, 4.69) is 0 Å². The molecule has 4 rings (SSSR count). The molecular weight excluding hydrogens is 308 g/mol. The third-order valence-corrected chi connectivity index (χ3v) is 5.54. The number of aliphatic carboxylic acids is 1. The van der Waals surface area contributed by atoms with Gasteiger partial charge in [-0.2, -0.15) is 0 Å². The van der Waals surface area contributed by atoms with E-state index in [-0.39, 0.29) is 16.9 Å². The monoisotopic (exact) mass is 318 g/mol. The fourth-order valence-electron chi connectivity index (χ4n) is 3.13. The molecule has 0 saturated carbocycles. The van der Waals surface area contributed by atoms with Gasteiger partial charge >= 0.3 is 5.97 Å². The van der Waals surface area contributed by atoms with Crippen LogP contribution in [0.5, 0.6) is 0 Å². The molecule has 1 aromatic rings. The van der Waals surface area contributed by atoms with Gasteiger partial charge in [-0.05, 0) is 12.1 Å². The maximum Gasteiger partial charge on any atom is 0.327 e. The van der Waals surface area contributed by atoms with Crippen LogP contribution in [0.25, 0.3) is 0 Å². The van der Waals surface area contributed by atoms with Crippen LogP contribution in [0.2, 0.25) is 0 Å². The van der Waals surface area contributed by atoms with Crippen LogP contribution in [0.1, 0.15) is 20.7 Å². The zero-order valence-electron chi connectivity index (χ0n) is 11.1. The third kappa shape index (κ3) is 1.47. The van der Waals surface area contributed by atoms with Crippen LogP contribution in [0.4, 0.5) is 0 Å². The molecule has 3 aliphatic heterocycles. The Morgan fingerprint density at radius 2 is 1.73 bits per heavy atom. The first-order valence-electron chi connectivity index (χ1n) is 6.66. The number of β-lactam (4-membered cyclic amide) rings is 1. The maximum absolute atomic E-state index is 12.4. The van der Waals surface area contributed by atoms with E-state index in [1.54, 1.807) is 24.3 Å². The quantitative estimate of drug-likeness (QED) is 0.610. The van der Waals surface area contributed by atoms with Gasteiger partial charge in [0.15, 0.2) is 0 Å². The standard InChI is InChI=1S/C14H10N2O5S/c17-10-6-3-1-2-4-7(6)11(18)16(10)9-12(19)15-8(14(20)21)5-22-13(9)15/h1-4,8-9,13H,5H2,(H,20,21)/t8?,9?,13-/m0/s1. The molecule has 8 heteroatoms. The third-order valence-electron chi connectivity index (χ3n) is 4.20. The SMILES string of the molecule is O=C(O)C1CS[C@H]2C(N3C(=O)c4ccccc4C3=O)C(=O)N12. The molecule has 3 amide bonds. The average molecular weight is 318 g/mol. The van der Waals surface area contributed by atoms with Gasteiger partial charge < -0.3 is 10.0 Å². The normalized spacial score (nSPS) is 29.5. The molecule has 1 aromatic carbocycles. The van der Waals surface area contributed by atoms with E-state index >= 15 is 0 Å². The van der Waals surface area contributed by atoms with E-state index in [0.717, 1.165) is 4.90 Å². The Labute approximate surface area is 128 Å². The lowest BCUT2D eigenvalue weighted by molar-refractivity contribution is -0.160. The van der Waals surface area contributed by atoms with Gasteiger partial charge in [0.2, 0.25) is 0 Å². The summed E-state index contributed by atoms with van der Waals surface area (Å²) in [7, 11) is 0. The van der Waals surface area contributed by atoms with Crippen molar-refractivity contribution in [1.29, 1.82) is 0 Å². The molecule has 0 spiro atoms. The van der Waals surface area contributed by atoms with Gasteiger partial charge in [0, 0.05) is 5.75 Å². The van der Waals surface area contributed by atoms with Crippen molar-refractivity contribution in [3.05, 3.63) is 35.4 Å². The number of imide groups is 1. The topological polar surface area (TPSA) is 95.0 Å². The number of amides is 3. The fourth-order valence-corrected chi connectivity index (χ4v) is 4.65. The first-order valence-corrected chi connectivity index (χ1v) is 7.70. The number of fused-ring (bicyclic) bond motifs is 2. The van der Waals surface area contributed by atoms with Crippen LogP contribution in [0.3, 0.4) is 0 Å². The molecule has 3 aliphatic rings. The van der Waals surface area contributed by atoms with Crippen molar-refractivity contribution in [1.82, 2.24) is 9.80 Å². The first-order chi connectivity index (χ1) is 10.5. The highest BCUT2D eigenvalue weighted by Crippen LogP contribution is 2.43. The van der Waals surface area contributed by atoms with Gasteiger partial charge in [-0.1, -0.05) is 12.1 Å². The first kappa shape index (κ1) is 13.3. The highest BCUT2D eigenvalue weighted by atomic mass is 32.2. The minimum absolute atomic E-state index is 0.269. The molecule has 3 heterocycles. The maximum atomic E-state index is 12.4. The van der Waals surface area contributed by atoms with Crippen molar-refractivity contribution in [3.8, 4) is 0 Å². The number of hydrogen-bond acceptors (Lipinski definition) is 5. The Bertz CT molecular complexity index is 714. The summed E-state index contributed by atoms with van der Waals surface area (Å²) in [4.78, 5) is 50.4. The molecule has 2 saturated heterocycles. The zero-order valence-corrected chi connectivity index (χ0v) is 11.9. The van der Waals surface area contributed by atoms with E-state index < -0.39 is 41.1 Å². The summed E-state index contributed by atoms with van der Waals surface area (Å²) in [5.41, 5.74) is 0.577. The number of thioether (sulfide) groups is 1. The molecule has 22 heavy (non-hydrogen) atoms. The van der Waals surface area contributed by atoms with Crippen molar-refractivity contribution in [2.24, 2.45) is 0 Å². The summed E-state index contributed by atoms with van der Waals surface area (Å²) in [6.07, 6.45) is 0.